The highest BCUT2D eigenvalue weighted by atomic mass is 32.1. The number of hydrogen-bond donors (Lipinski definition) is 4. The predicted molar refractivity (Wildman–Crippen MR) is 116 cm³/mol. The van der Waals surface area contributed by atoms with Gasteiger partial charge in [0.15, 0.2) is 0 Å². The first kappa shape index (κ1) is 20.0. The molecule has 5 rings (SSSR count). The van der Waals surface area contributed by atoms with E-state index in [4.69, 9.17) is 4.74 Å². The number of aliphatic hydroxyl groups excluding tert-OH is 3. The van der Waals surface area contributed by atoms with Crippen LogP contribution < -0.4 is 0 Å². The van der Waals surface area contributed by atoms with Gasteiger partial charge in [-0.2, -0.15) is 0 Å². The Morgan fingerprint density at radius 3 is 2.57 bits per heavy atom. The van der Waals surface area contributed by atoms with Crippen molar-refractivity contribution >= 4 is 21.4 Å². The Bertz CT molecular complexity index is 1020. The van der Waals surface area contributed by atoms with Crippen LogP contribution in [0.1, 0.15) is 52.9 Å². The molecule has 1 saturated carbocycles. The lowest BCUT2D eigenvalue weighted by atomic mass is 9.89. The van der Waals surface area contributed by atoms with Crippen molar-refractivity contribution in [1.29, 1.82) is 0 Å². The standard InChI is InChI=1S/C24H26O5S/c25-12-16-10-21(27)23(28)24(29-16)19-9-15(18(11-20(19)26)13-5-6-13)8-17-7-14-3-1-2-4-22(14)30-17/h1-4,7,9,11,13,16,21,23-28H,5-6,8,10,12H2. The van der Waals surface area contributed by atoms with E-state index in [9.17, 15) is 20.4 Å². The third-order valence-electron chi connectivity index (χ3n) is 6.20. The van der Waals surface area contributed by atoms with Crippen LogP contribution in [0.3, 0.4) is 0 Å². The minimum atomic E-state index is -1.15. The van der Waals surface area contributed by atoms with Crippen LogP contribution in [-0.2, 0) is 11.2 Å². The Kier molecular flexibility index (Phi) is 5.29. The maximum absolute atomic E-state index is 10.8. The lowest BCUT2D eigenvalue weighted by Crippen LogP contribution is -2.44. The van der Waals surface area contributed by atoms with Crippen molar-refractivity contribution in [3.8, 4) is 5.75 Å². The molecule has 4 atom stereocenters. The van der Waals surface area contributed by atoms with Gasteiger partial charge in [-0.15, -0.1) is 11.3 Å². The number of thiophene rings is 1. The van der Waals surface area contributed by atoms with E-state index in [1.807, 2.05) is 18.2 Å². The van der Waals surface area contributed by atoms with Gasteiger partial charge in [-0.1, -0.05) is 18.2 Å². The van der Waals surface area contributed by atoms with E-state index in [-0.39, 0.29) is 18.8 Å². The lowest BCUT2D eigenvalue weighted by Gasteiger charge is -2.37. The van der Waals surface area contributed by atoms with Gasteiger partial charge in [0.05, 0.1) is 18.8 Å². The Morgan fingerprint density at radius 2 is 1.83 bits per heavy atom. The van der Waals surface area contributed by atoms with E-state index in [2.05, 4.69) is 18.2 Å². The molecule has 2 aromatic carbocycles. The fourth-order valence-corrected chi connectivity index (χ4v) is 5.55. The molecule has 5 nitrogen and oxygen atoms in total. The topological polar surface area (TPSA) is 90.2 Å². The molecule has 0 amide bonds. The van der Waals surface area contributed by atoms with Crippen LogP contribution in [0.2, 0.25) is 0 Å². The molecule has 30 heavy (non-hydrogen) atoms. The minimum Gasteiger partial charge on any atom is -0.508 e. The molecule has 1 saturated heterocycles. The second kappa shape index (κ2) is 7.94. The number of aromatic hydroxyl groups is 1. The molecular formula is C24H26O5S. The van der Waals surface area contributed by atoms with Crippen LogP contribution in [0.15, 0.2) is 42.5 Å². The van der Waals surface area contributed by atoms with E-state index in [1.54, 1.807) is 17.4 Å². The zero-order chi connectivity index (χ0) is 20.8. The summed E-state index contributed by atoms with van der Waals surface area (Å²) in [6.07, 6.45) is -0.450. The monoisotopic (exact) mass is 426 g/mol. The van der Waals surface area contributed by atoms with Crippen molar-refractivity contribution in [3.63, 3.8) is 0 Å². The number of hydrogen-bond acceptors (Lipinski definition) is 6. The number of phenolic OH excluding ortho intramolecular Hbond substituents is 1. The van der Waals surface area contributed by atoms with E-state index in [1.165, 1.54) is 15.0 Å². The molecule has 4 unspecified atom stereocenters. The molecule has 4 N–H and O–H groups in total. The number of aliphatic hydroxyl groups is 3. The smallest absolute Gasteiger partial charge is 0.121 e. The summed E-state index contributed by atoms with van der Waals surface area (Å²) in [5, 5.41) is 42.2. The van der Waals surface area contributed by atoms with Gasteiger partial charge in [0.1, 0.15) is 18.0 Å². The zero-order valence-electron chi connectivity index (χ0n) is 16.6. The van der Waals surface area contributed by atoms with E-state index in [0.29, 0.717) is 11.5 Å². The molecule has 2 heterocycles. The van der Waals surface area contributed by atoms with Crippen LogP contribution in [0, 0.1) is 0 Å². The molecule has 0 bridgehead atoms. The van der Waals surface area contributed by atoms with Crippen LogP contribution in [0.5, 0.6) is 5.75 Å². The van der Waals surface area contributed by atoms with Crippen molar-refractivity contribution in [2.45, 2.75) is 56.0 Å². The predicted octanol–water partition coefficient (Wildman–Crippen LogP) is 3.62. The maximum Gasteiger partial charge on any atom is 0.121 e. The molecule has 1 aromatic heterocycles. The minimum absolute atomic E-state index is 0.0758. The number of phenols is 1. The first-order valence-electron chi connectivity index (χ1n) is 10.5. The van der Waals surface area contributed by atoms with Gasteiger partial charge in [0.25, 0.3) is 0 Å². The number of benzene rings is 2. The third kappa shape index (κ3) is 3.74. The second-order valence-corrected chi connectivity index (χ2v) is 9.63. The lowest BCUT2D eigenvalue weighted by molar-refractivity contribution is -0.180. The third-order valence-corrected chi connectivity index (χ3v) is 7.32. The SMILES string of the molecule is OCC1CC(O)C(O)C(c2cc(Cc3cc4ccccc4s3)c(C3CC3)cc2O)O1. The Labute approximate surface area is 179 Å². The molecule has 158 valence electrons. The molecule has 1 aliphatic heterocycles. The normalized spacial score (nSPS) is 26.9. The summed E-state index contributed by atoms with van der Waals surface area (Å²) in [7, 11) is 0. The van der Waals surface area contributed by atoms with Crippen molar-refractivity contribution in [2.24, 2.45) is 0 Å². The van der Waals surface area contributed by atoms with Crippen molar-refractivity contribution < 1.29 is 25.2 Å². The van der Waals surface area contributed by atoms with Crippen LogP contribution in [0.25, 0.3) is 10.1 Å². The maximum atomic E-state index is 10.8. The summed E-state index contributed by atoms with van der Waals surface area (Å²) in [6.45, 7) is -0.240. The molecule has 0 radical (unpaired) electrons. The molecule has 1 aliphatic carbocycles. The van der Waals surface area contributed by atoms with Gasteiger partial charge < -0.3 is 25.2 Å². The van der Waals surface area contributed by atoms with Gasteiger partial charge in [0.2, 0.25) is 0 Å². The number of rotatable bonds is 5. The van der Waals surface area contributed by atoms with Gasteiger partial charge in [-0.25, -0.2) is 0 Å². The molecule has 0 spiro atoms. The zero-order valence-corrected chi connectivity index (χ0v) is 17.4. The molecule has 2 fully saturated rings. The van der Waals surface area contributed by atoms with Gasteiger partial charge in [0, 0.05) is 28.0 Å². The van der Waals surface area contributed by atoms with Crippen LogP contribution in [0.4, 0.5) is 0 Å². The summed E-state index contributed by atoms with van der Waals surface area (Å²) in [5.41, 5.74) is 2.74. The Hall–Kier alpha value is -1.96. The fraction of sp³-hybridized carbons (Fsp3) is 0.417. The summed E-state index contributed by atoms with van der Waals surface area (Å²) in [4.78, 5) is 1.24. The summed E-state index contributed by atoms with van der Waals surface area (Å²) < 4.78 is 7.09. The van der Waals surface area contributed by atoms with Crippen molar-refractivity contribution in [2.75, 3.05) is 6.61 Å². The highest BCUT2D eigenvalue weighted by Crippen LogP contribution is 2.46. The quantitative estimate of drug-likeness (QED) is 0.500. The average molecular weight is 427 g/mol. The first-order valence-corrected chi connectivity index (χ1v) is 11.3. The van der Waals surface area contributed by atoms with E-state index >= 15 is 0 Å². The van der Waals surface area contributed by atoms with E-state index < -0.39 is 24.4 Å². The van der Waals surface area contributed by atoms with Crippen molar-refractivity contribution in [3.05, 3.63) is 64.0 Å². The molecule has 2 aliphatic rings. The van der Waals surface area contributed by atoms with Crippen molar-refractivity contribution in [1.82, 2.24) is 0 Å². The molecule has 3 aromatic rings. The Balaban J connectivity index is 1.53. The molecular weight excluding hydrogens is 400 g/mol. The second-order valence-electron chi connectivity index (χ2n) is 8.47. The number of fused-ring (bicyclic) bond motifs is 1. The van der Waals surface area contributed by atoms with Crippen LogP contribution >= 0.6 is 11.3 Å². The highest BCUT2D eigenvalue weighted by molar-refractivity contribution is 7.19. The highest BCUT2D eigenvalue weighted by Gasteiger charge is 2.39. The largest absolute Gasteiger partial charge is 0.508 e. The summed E-state index contributed by atoms with van der Waals surface area (Å²) >= 11 is 1.77. The number of ether oxygens (including phenoxy) is 1. The van der Waals surface area contributed by atoms with Crippen LogP contribution in [-0.4, -0.2) is 45.3 Å². The van der Waals surface area contributed by atoms with Gasteiger partial charge >= 0.3 is 0 Å². The average Bonchev–Trinajstić information content (AvgIpc) is 3.50. The van der Waals surface area contributed by atoms with E-state index in [0.717, 1.165) is 30.4 Å². The first-order chi connectivity index (χ1) is 14.5. The van der Waals surface area contributed by atoms with Gasteiger partial charge in [-0.3, -0.25) is 0 Å². The summed E-state index contributed by atoms with van der Waals surface area (Å²) in [6, 6.07) is 14.3. The fourth-order valence-electron chi connectivity index (χ4n) is 4.46. The Morgan fingerprint density at radius 1 is 1.03 bits per heavy atom. The molecule has 6 heteroatoms. The van der Waals surface area contributed by atoms with Gasteiger partial charge in [-0.05, 0) is 59.5 Å². The summed E-state index contributed by atoms with van der Waals surface area (Å²) in [5.74, 6) is 0.536.